The molecule has 1 aliphatic carbocycles. The predicted molar refractivity (Wildman–Crippen MR) is 78.2 cm³/mol. The first kappa shape index (κ1) is 13.9. The summed E-state index contributed by atoms with van der Waals surface area (Å²) in [4.78, 5) is 1.32. The minimum atomic E-state index is 0.197. The average molecular weight is 265 g/mol. The quantitative estimate of drug-likeness (QED) is 0.587. The van der Waals surface area contributed by atoms with Crippen LogP contribution in [0.15, 0.2) is 29.2 Å². The highest BCUT2D eigenvalue weighted by Crippen LogP contribution is 2.39. The van der Waals surface area contributed by atoms with Crippen LogP contribution in [0.2, 0.25) is 0 Å². The second kappa shape index (κ2) is 6.60. The third-order valence-electron chi connectivity index (χ3n) is 4.00. The van der Waals surface area contributed by atoms with E-state index in [0.29, 0.717) is 6.61 Å². The van der Waals surface area contributed by atoms with Gasteiger partial charge in [-0.15, -0.1) is 11.8 Å². The lowest BCUT2D eigenvalue weighted by molar-refractivity contribution is 0.0451. The molecule has 100 valence electrons. The van der Waals surface area contributed by atoms with Crippen LogP contribution in [0.4, 0.5) is 0 Å². The van der Waals surface area contributed by atoms with Gasteiger partial charge in [0.25, 0.3) is 0 Å². The van der Waals surface area contributed by atoms with Gasteiger partial charge < -0.3 is 10.4 Å². The molecule has 1 aliphatic rings. The van der Waals surface area contributed by atoms with Crippen LogP contribution in [0.5, 0.6) is 0 Å². The van der Waals surface area contributed by atoms with Crippen molar-refractivity contribution in [1.82, 2.24) is 5.32 Å². The maximum absolute atomic E-state index is 9.37. The van der Waals surface area contributed by atoms with Gasteiger partial charge in [-0.05, 0) is 49.8 Å². The number of nitrogens with one attached hydrogen (secondary N) is 1. The summed E-state index contributed by atoms with van der Waals surface area (Å²) < 4.78 is 0. The summed E-state index contributed by atoms with van der Waals surface area (Å²) >= 11 is 1.78. The van der Waals surface area contributed by atoms with Crippen molar-refractivity contribution >= 4 is 11.8 Å². The molecule has 1 fully saturated rings. The van der Waals surface area contributed by atoms with Gasteiger partial charge in [-0.1, -0.05) is 18.6 Å². The molecule has 1 aromatic carbocycles. The summed E-state index contributed by atoms with van der Waals surface area (Å²) in [6, 6.07) is 8.78. The van der Waals surface area contributed by atoms with E-state index in [1.54, 1.807) is 11.8 Å². The van der Waals surface area contributed by atoms with Gasteiger partial charge in [0.2, 0.25) is 0 Å². The SMILES string of the molecule is CSc1ccc(CCNCC2(CO)CCC2)cc1. The Bertz CT molecular complexity index is 354. The molecule has 18 heavy (non-hydrogen) atoms. The summed E-state index contributed by atoms with van der Waals surface area (Å²) in [5, 5.41) is 12.9. The average Bonchev–Trinajstić information content (AvgIpc) is 2.38. The molecule has 0 aliphatic heterocycles. The Hall–Kier alpha value is -0.510. The fraction of sp³-hybridized carbons (Fsp3) is 0.600. The Morgan fingerprint density at radius 2 is 2.00 bits per heavy atom. The Labute approximate surface area is 114 Å². The number of rotatable bonds is 7. The molecule has 2 rings (SSSR count). The lowest BCUT2D eigenvalue weighted by Gasteiger charge is -2.40. The van der Waals surface area contributed by atoms with Gasteiger partial charge in [0.1, 0.15) is 0 Å². The van der Waals surface area contributed by atoms with E-state index >= 15 is 0 Å². The third-order valence-corrected chi connectivity index (χ3v) is 4.74. The van der Waals surface area contributed by atoms with Gasteiger partial charge >= 0.3 is 0 Å². The zero-order valence-electron chi connectivity index (χ0n) is 11.1. The molecule has 0 atom stereocenters. The molecule has 1 saturated carbocycles. The van der Waals surface area contributed by atoms with Crippen molar-refractivity contribution in [2.24, 2.45) is 5.41 Å². The van der Waals surface area contributed by atoms with Crippen molar-refractivity contribution in [3.8, 4) is 0 Å². The highest BCUT2D eigenvalue weighted by Gasteiger charge is 2.35. The molecule has 0 amide bonds. The van der Waals surface area contributed by atoms with E-state index < -0.39 is 0 Å². The standard InChI is InChI=1S/C15H23NOS/c1-18-14-5-3-13(4-6-14)7-10-16-11-15(12-17)8-2-9-15/h3-6,16-17H,2,7-12H2,1H3. The zero-order chi connectivity index (χ0) is 12.8. The summed E-state index contributed by atoms with van der Waals surface area (Å²) in [6.45, 7) is 2.30. The van der Waals surface area contributed by atoms with Crippen molar-refractivity contribution < 1.29 is 5.11 Å². The van der Waals surface area contributed by atoms with Crippen LogP contribution in [0.1, 0.15) is 24.8 Å². The number of thioether (sulfide) groups is 1. The number of hydrogen-bond donors (Lipinski definition) is 2. The minimum Gasteiger partial charge on any atom is -0.396 e. The van der Waals surface area contributed by atoms with Gasteiger partial charge in [-0.3, -0.25) is 0 Å². The topological polar surface area (TPSA) is 32.3 Å². The van der Waals surface area contributed by atoms with Crippen LogP contribution in [-0.2, 0) is 6.42 Å². The predicted octanol–water partition coefficient (Wildman–Crippen LogP) is 2.70. The Morgan fingerprint density at radius 1 is 1.28 bits per heavy atom. The highest BCUT2D eigenvalue weighted by atomic mass is 32.2. The lowest BCUT2D eigenvalue weighted by atomic mass is 9.69. The first-order valence-electron chi connectivity index (χ1n) is 6.72. The number of benzene rings is 1. The van der Waals surface area contributed by atoms with Gasteiger partial charge in [0.05, 0.1) is 0 Å². The minimum absolute atomic E-state index is 0.197. The monoisotopic (exact) mass is 265 g/mol. The molecule has 0 aromatic heterocycles. The van der Waals surface area contributed by atoms with Gasteiger partial charge in [0.15, 0.2) is 0 Å². The normalized spacial score (nSPS) is 17.4. The van der Waals surface area contributed by atoms with Crippen molar-refractivity contribution in [3.63, 3.8) is 0 Å². The van der Waals surface area contributed by atoms with Gasteiger partial charge in [0, 0.05) is 23.5 Å². The van der Waals surface area contributed by atoms with Crippen LogP contribution >= 0.6 is 11.8 Å². The first-order valence-corrected chi connectivity index (χ1v) is 7.95. The summed E-state index contributed by atoms with van der Waals surface area (Å²) in [5.74, 6) is 0. The molecule has 3 heteroatoms. The molecule has 2 N–H and O–H groups in total. The largest absolute Gasteiger partial charge is 0.396 e. The second-order valence-corrected chi connectivity index (χ2v) is 6.17. The highest BCUT2D eigenvalue weighted by molar-refractivity contribution is 7.98. The molecular formula is C15H23NOS. The Morgan fingerprint density at radius 3 is 2.50 bits per heavy atom. The van der Waals surface area contributed by atoms with Crippen LogP contribution in [0.3, 0.4) is 0 Å². The van der Waals surface area contributed by atoms with E-state index in [4.69, 9.17) is 0 Å². The third kappa shape index (κ3) is 3.50. The fourth-order valence-electron chi connectivity index (χ4n) is 2.45. The molecule has 0 unspecified atom stereocenters. The number of hydrogen-bond acceptors (Lipinski definition) is 3. The van der Waals surface area contributed by atoms with E-state index in [1.807, 2.05) is 0 Å². The van der Waals surface area contributed by atoms with E-state index in [0.717, 1.165) is 19.5 Å². The van der Waals surface area contributed by atoms with Crippen molar-refractivity contribution in [3.05, 3.63) is 29.8 Å². The summed E-state index contributed by atoms with van der Waals surface area (Å²) in [7, 11) is 0. The van der Waals surface area contributed by atoms with Crippen LogP contribution < -0.4 is 5.32 Å². The maximum atomic E-state index is 9.37. The molecule has 2 nitrogen and oxygen atoms in total. The number of aliphatic hydroxyl groups excluding tert-OH is 1. The van der Waals surface area contributed by atoms with E-state index in [1.165, 1.54) is 29.7 Å². The summed E-state index contributed by atoms with van der Waals surface area (Å²) in [5.41, 5.74) is 1.58. The van der Waals surface area contributed by atoms with Crippen LogP contribution in [-0.4, -0.2) is 31.1 Å². The lowest BCUT2D eigenvalue weighted by Crippen LogP contribution is -2.43. The molecule has 0 heterocycles. The fourth-order valence-corrected chi connectivity index (χ4v) is 2.85. The molecule has 0 radical (unpaired) electrons. The van der Waals surface area contributed by atoms with E-state index in [-0.39, 0.29) is 5.41 Å². The Kier molecular flexibility index (Phi) is 5.10. The van der Waals surface area contributed by atoms with Crippen LogP contribution in [0, 0.1) is 5.41 Å². The molecule has 0 saturated heterocycles. The zero-order valence-corrected chi connectivity index (χ0v) is 11.9. The molecular weight excluding hydrogens is 242 g/mol. The number of aliphatic hydroxyl groups is 1. The summed E-state index contributed by atoms with van der Waals surface area (Å²) in [6.07, 6.45) is 6.80. The second-order valence-electron chi connectivity index (χ2n) is 5.29. The Balaban J connectivity index is 1.68. The van der Waals surface area contributed by atoms with E-state index in [2.05, 4.69) is 35.8 Å². The van der Waals surface area contributed by atoms with Crippen molar-refractivity contribution in [2.45, 2.75) is 30.6 Å². The van der Waals surface area contributed by atoms with Crippen LogP contribution in [0.25, 0.3) is 0 Å². The molecule has 0 bridgehead atoms. The maximum Gasteiger partial charge on any atom is 0.0499 e. The first-order chi connectivity index (χ1) is 8.78. The molecule has 0 spiro atoms. The van der Waals surface area contributed by atoms with E-state index in [9.17, 15) is 5.11 Å². The van der Waals surface area contributed by atoms with Gasteiger partial charge in [-0.2, -0.15) is 0 Å². The molecule has 1 aromatic rings. The van der Waals surface area contributed by atoms with Crippen molar-refractivity contribution in [2.75, 3.05) is 26.0 Å². The van der Waals surface area contributed by atoms with Gasteiger partial charge in [-0.25, -0.2) is 0 Å². The van der Waals surface area contributed by atoms with Crippen molar-refractivity contribution in [1.29, 1.82) is 0 Å². The smallest absolute Gasteiger partial charge is 0.0499 e.